The molecule has 34 heavy (non-hydrogen) atoms. The first-order valence-corrected chi connectivity index (χ1v) is 13.5. The van der Waals surface area contributed by atoms with Crippen molar-refractivity contribution in [3.05, 3.63) is 53.1 Å². The van der Waals surface area contributed by atoms with Crippen LogP contribution >= 0.6 is 7.37 Å². The normalized spacial score (nSPS) is 17.0. The standard InChI is InChI=1S/C26H31FNO5P/c1-17(2)26-22(12-13-34(32,33)16-21(29)14-25(30)31)23(18-8-10-20(27)11-9-18)15-24(28-26)19-6-4-3-5-7-19/h8-11,15,17,19,21,29H,3-7,14,16H2,1-2H3,(H,30,31)(H,32,33). The maximum absolute atomic E-state index is 13.6. The average molecular weight is 488 g/mol. The van der Waals surface area contributed by atoms with Gasteiger partial charge in [0.15, 0.2) is 0 Å². The minimum Gasteiger partial charge on any atom is -0.481 e. The smallest absolute Gasteiger partial charge is 0.305 e. The first kappa shape index (κ1) is 26.1. The van der Waals surface area contributed by atoms with E-state index in [9.17, 15) is 23.7 Å². The second kappa shape index (κ2) is 11.3. The van der Waals surface area contributed by atoms with Crippen molar-refractivity contribution < 1.29 is 28.9 Å². The summed E-state index contributed by atoms with van der Waals surface area (Å²) in [5, 5.41) is 18.6. The van der Waals surface area contributed by atoms with Crippen LogP contribution in [0.4, 0.5) is 4.39 Å². The monoisotopic (exact) mass is 487 g/mol. The van der Waals surface area contributed by atoms with E-state index in [4.69, 9.17) is 10.1 Å². The van der Waals surface area contributed by atoms with Crippen molar-refractivity contribution >= 4 is 13.3 Å². The highest BCUT2D eigenvalue weighted by Crippen LogP contribution is 2.41. The maximum atomic E-state index is 13.6. The van der Waals surface area contributed by atoms with Gasteiger partial charge in [-0.3, -0.25) is 14.3 Å². The number of carboxylic acid groups (broad SMARTS) is 1. The molecule has 0 bridgehead atoms. The number of hydrogen-bond acceptors (Lipinski definition) is 4. The number of halogens is 1. The number of aliphatic hydroxyl groups excluding tert-OH is 1. The Kier molecular flexibility index (Phi) is 8.65. The second-order valence-electron chi connectivity index (χ2n) is 9.22. The van der Waals surface area contributed by atoms with Crippen molar-refractivity contribution in [1.82, 2.24) is 4.98 Å². The van der Waals surface area contributed by atoms with Crippen molar-refractivity contribution in [1.29, 1.82) is 0 Å². The van der Waals surface area contributed by atoms with E-state index in [2.05, 4.69) is 11.6 Å². The number of rotatable bonds is 7. The van der Waals surface area contributed by atoms with Gasteiger partial charge in [-0.15, -0.1) is 0 Å². The van der Waals surface area contributed by atoms with Crippen LogP contribution in [0.25, 0.3) is 11.1 Å². The molecule has 1 aromatic carbocycles. The quantitative estimate of drug-likeness (QED) is 0.353. The van der Waals surface area contributed by atoms with Crippen molar-refractivity contribution in [2.24, 2.45) is 0 Å². The number of benzene rings is 1. The highest BCUT2D eigenvalue weighted by atomic mass is 31.2. The minimum atomic E-state index is -4.14. The molecule has 0 aliphatic heterocycles. The molecule has 1 fully saturated rings. The van der Waals surface area contributed by atoms with Crippen LogP contribution in [0.5, 0.6) is 0 Å². The van der Waals surface area contributed by atoms with Gasteiger partial charge in [0.2, 0.25) is 0 Å². The van der Waals surface area contributed by atoms with Crippen LogP contribution < -0.4 is 0 Å². The second-order valence-corrected chi connectivity index (χ2v) is 11.2. The molecule has 2 atom stereocenters. The molecule has 6 nitrogen and oxygen atoms in total. The van der Waals surface area contributed by atoms with Crippen LogP contribution in [0.15, 0.2) is 30.3 Å². The summed E-state index contributed by atoms with van der Waals surface area (Å²) < 4.78 is 26.2. The molecule has 1 saturated carbocycles. The summed E-state index contributed by atoms with van der Waals surface area (Å²) in [4.78, 5) is 26.0. The molecule has 182 valence electrons. The van der Waals surface area contributed by atoms with Gasteiger partial charge >= 0.3 is 5.97 Å². The van der Waals surface area contributed by atoms with E-state index < -0.39 is 32.0 Å². The molecule has 3 N–H and O–H groups in total. The number of aromatic nitrogens is 1. The molecule has 2 aromatic rings. The lowest BCUT2D eigenvalue weighted by molar-refractivity contribution is -0.138. The Morgan fingerprint density at radius 1 is 1.21 bits per heavy atom. The molecular weight excluding hydrogens is 456 g/mol. The Balaban J connectivity index is 2.11. The van der Waals surface area contributed by atoms with Crippen molar-refractivity contribution in [2.75, 3.05) is 6.16 Å². The zero-order valence-electron chi connectivity index (χ0n) is 19.5. The van der Waals surface area contributed by atoms with E-state index in [0.29, 0.717) is 17.2 Å². The summed E-state index contributed by atoms with van der Waals surface area (Å²) in [7, 11) is -4.14. The summed E-state index contributed by atoms with van der Waals surface area (Å²) in [5.41, 5.74) is 5.98. The molecule has 2 unspecified atom stereocenters. The van der Waals surface area contributed by atoms with Gasteiger partial charge < -0.3 is 15.1 Å². The number of aliphatic hydroxyl groups is 1. The van der Waals surface area contributed by atoms with Gasteiger partial charge in [0.05, 0.1) is 29.9 Å². The van der Waals surface area contributed by atoms with Crippen molar-refractivity contribution in [2.45, 2.75) is 70.3 Å². The third-order valence-corrected chi connectivity index (χ3v) is 7.39. The van der Waals surface area contributed by atoms with Crippen molar-refractivity contribution in [3.63, 3.8) is 0 Å². The molecule has 0 radical (unpaired) electrons. The average Bonchev–Trinajstić information content (AvgIpc) is 2.77. The van der Waals surface area contributed by atoms with E-state index in [0.717, 1.165) is 42.5 Å². The number of hydrogen-bond donors (Lipinski definition) is 3. The van der Waals surface area contributed by atoms with Crippen molar-refractivity contribution in [3.8, 4) is 22.7 Å². The van der Waals surface area contributed by atoms with Gasteiger partial charge in [0.1, 0.15) is 5.82 Å². The fourth-order valence-corrected chi connectivity index (χ4v) is 5.42. The zero-order chi connectivity index (χ0) is 24.9. The number of aliphatic carboxylic acids is 1. The molecule has 1 aliphatic carbocycles. The predicted octanol–water partition coefficient (Wildman–Crippen LogP) is 5.47. The van der Waals surface area contributed by atoms with Gasteiger partial charge in [-0.1, -0.05) is 51.2 Å². The van der Waals surface area contributed by atoms with E-state index in [1.165, 1.54) is 18.6 Å². The SMILES string of the molecule is CC(C)c1nc(C2CCCCC2)cc(-c2ccc(F)cc2)c1C#CP(=O)(O)CC(O)CC(=O)O. The van der Waals surface area contributed by atoms with E-state index in [1.807, 2.05) is 19.9 Å². The summed E-state index contributed by atoms with van der Waals surface area (Å²) in [6.45, 7) is 3.95. The predicted molar refractivity (Wildman–Crippen MR) is 129 cm³/mol. The highest BCUT2D eigenvalue weighted by Gasteiger charge is 2.25. The number of carboxylic acids is 1. The number of carbonyl (C=O) groups is 1. The maximum Gasteiger partial charge on any atom is 0.305 e. The fraction of sp³-hybridized carbons (Fsp3) is 0.462. The van der Waals surface area contributed by atoms with E-state index >= 15 is 0 Å². The van der Waals surface area contributed by atoms with Crippen LogP contribution in [-0.2, 0) is 9.36 Å². The number of pyridine rings is 1. The summed E-state index contributed by atoms with van der Waals surface area (Å²) >= 11 is 0. The zero-order valence-corrected chi connectivity index (χ0v) is 20.4. The van der Waals surface area contributed by atoms with Crippen LogP contribution in [0.3, 0.4) is 0 Å². The Morgan fingerprint density at radius 3 is 2.44 bits per heavy atom. The Hall–Kier alpha value is -2.52. The van der Waals surface area contributed by atoms with Gasteiger partial charge in [0, 0.05) is 17.2 Å². The first-order valence-electron chi connectivity index (χ1n) is 11.6. The molecule has 0 amide bonds. The van der Waals surface area contributed by atoms with Gasteiger partial charge in [0.25, 0.3) is 7.37 Å². The lowest BCUT2D eigenvalue weighted by Crippen LogP contribution is -2.17. The fourth-order valence-electron chi connectivity index (χ4n) is 4.34. The molecule has 0 spiro atoms. The molecule has 8 heteroatoms. The van der Waals surface area contributed by atoms with E-state index in [-0.39, 0.29) is 11.7 Å². The molecule has 1 aliphatic rings. The highest BCUT2D eigenvalue weighted by molar-refractivity contribution is 7.63. The van der Waals surface area contributed by atoms with Gasteiger partial charge in [-0.2, -0.15) is 0 Å². The minimum absolute atomic E-state index is 0.0253. The lowest BCUT2D eigenvalue weighted by atomic mass is 9.84. The number of nitrogens with zero attached hydrogens (tertiary/aromatic N) is 1. The van der Waals surface area contributed by atoms with Crippen LogP contribution in [-0.4, -0.2) is 38.3 Å². The molecule has 0 saturated heterocycles. The molecule has 1 aromatic heterocycles. The largest absolute Gasteiger partial charge is 0.481 e. The summed E-state index contributed by atoms with van der Waals surface area (Å²) in [6.07, 6.45) is 2.84. The van der Waals surface area contributed by atoms with Gasteiger partial charge in [-0.25, -0.2) is 4.39 Å². The molecular formula is C26H31FNO5P. The Labute approximate surface area is 199 Å². The first-order chi connectivity index (χ1) is 16.1. The van der Waals surface area contributed by atoms with E-state index in [1.54, 1.807) is 12.1 Å². The third-order valence-electron chi connectivity index (χ3n) is 6.02. The van der Waals surface area contributed by atoms with Crippen LogP contribution in [0.1, 0.15) is 81.2 Å². The third kappa shape index (κ3) is 6.99. The Morgan fingerprint density at radius 2 is 1.85 bits per heavy atom. The topological polar surface area (TPSA) is 108 Å². The Bertz CT molecular complexity index is 1130. The summed E-state index contributed by atoms with van der Waals surface area (Å²) in [6, 6.07) is 7.99. The van der Waals surface area contributed by atoms with Crippen LogP contribution in [0.2, 0.25) is 0 Å². The lowest BCUT2D eigenvalue weighted by Gasteiger charge is -2.24. The van der Waals surface area contributed by atoms with Gasteiger partial charge in [-0.05, 0) is 48.2 Å². The molecule has 3 rings (SSSR count). The van der Waals surface area contributed by atoms with Crippen LogP contribution in [0, 0.1) is 17.4 Å². The molecule has 1 heterocycles. The summed E-state index contributed by atoms with van der Waals surface area (Å²) in [5.74, 6) is 1.50.